The topological polar surface area (TPSA) is 89.0 Å². The van der Waals surface area contributed by atoms with Gasteiger partial charge in [0.2, 0.25) is 0 Å². The number of rotatable bonds is 9. The second kappa shape index (κ2) is 12.5. The molecule has 7 nitrogen and oxygen atoms in total. The predicted octanol–water partition coefficient (Wildman–Crippen LogP) is 2.13. The number of aliphatic imine (C=N–C) groups is 1. The Hall–Kier alpha value is -1.07. The van der Waals surface area contributed by atoms with Gasteiger partial charge in [-0.15, -0.1) is 24.0 Å². The lowest BCUT2D eigenvalue weighted by Crippen LogP contribution is -2.39. The molecule has 160 valence electrons. The number of hydrogen-bond acceptors (Lipinski definition) is 5. The Balaban J connectivity index is 0.00000392. The number of guanidine groups is 1. The average Bonchev–Trinajstić information content (AvgIpc) is 2.99. The summed E-state index contributed by atoms with van der Waals surface area (Å²) in [5, 5.41) is 6.50. The van der Waals surface area contributed by atoms with Gasteiger partial charge in [-0.2, -0.15) is 0 Å². The maximum Gasteiger partial charge on any atom is 0.191 e. The zero-order valence-corrected chi connectivity index (χ0v) is 20.0. The minimum absolute atomic E-state index is 0. The second-order valence-corrected chi connectivity index (χ2v) is 9.11. The smallest absolute Gasteiger partial charge is 0.191 e. The number of hydrogen-bond donors (Lipinski definition) is 2. The van der Waals surface area contributed by atoms with Gasteiger partial charge in [0.1, 0.15) is 5.75 Å². The first-order valence-electron chi connectivity index (χ1n) is 9.29. The number of halogens is 1. The lowest BCUT2D eigenvalue weighted by atomic mass is 10.1. The van der Waals surface area contributed by atoms with Crippen LogP contribution in [0.15, 0.2) is 23.2 Å². The van der Waals surface area contributed by atoms with Gasteiger partial charge in [0, 0.05) is 45.8 Å². The quantitative estimate of drug-likeness (QED) is 0.222. The van der Waals surface area contributed by atoms with Crippen molar-refractivity contribution in [2.24, 2.45) is 10.9 Å². The van der Waals surface area contributed by atoms with Crippen LogP contribution in [0.25, 0.3) is 0 Å². The van der Waals surface area contributed by atoms with Crippen LogP contribution in [0.5, 0.6) is 5.75 Å². The summed E-state index contributed by atoms with van der Waals surface area (Å²) in [4.78, 5) is 4.22. The summed E-state index contributed by atoms with van der Waals surface area (Å²) in [6, 6.07) is 6.13. The summed E-state index contributed by atoms with van der Waals surface area (Å²) in [5.41, 5.74) is 2.19. The summed E-state index contributed by atoms with van der Waals surface area (Å²) < 4.78 is 34.1. The normalized spacial score (nSPS) is 18.4. The molecule has 9 heteroatoms. The van der Waals surface area contributed by atoms with Crippen LogP contribution >= 0.6 is 24.0 Å². The number of sulfone groups is 1. The summed E-state index contributed by atoms with van der Waals surface area (Å²) in [6.45, 7) is 4.49. The van der Waals surface area contributed by atoms with Crippen molar-refractivity contribution in [1.82, 2.24) is 10.6 Å². The van der Waals surface area contributed by atoms with E-state index in [2.05, 4.69) is 21.7 Å². The van der Waals surface area contributed by atoms with Gasteiger partial charge in [-0.25, -0.2) is 8.42 Å². The highest BCUT2D eigenvalue weighted by molar-refractivity contribution is 14.0. The third-order valence-corrected chi connectivity index (χ3v) is 6.36. The van der Waals surface area contributed by atoms with Crippen LogP contribution < -0.4 is 15.4 Å². The number of methoxy groups -OCH3 is 1. The number of nitrogens with zero attached hydrogens (tertiary/aromatic N) is 1. The third-order valence-electron chi connectivity index (χ3n) is 4.53. The number of benzene rings is 1. The SMILES string of the molecule is CN=C(NCc1ccc(C)cc1OCCCOC)NCC1CCS(=O)(=O)C1.I. The van der Waals surface area contributed by atoms with Gasteiger partial charge < -0.3 is 20.1 Å². The molecule has 0 aromatic heterocycles. The van der Waals surface area contributed by atoms with Gasteiger partial charge in [-0.3, -0.25) is 4.99 Å². The molecule has 1 aromatic rings. The molecule has 1 atom stereocenters. The van der Waals surface area contributed by atoms with E-state index in [1.54, 1.807) is 14.2 Å². The fourth-order valence-corrected chi connectivity index (χ4v) is 4.86. The Morgan fingerprint density at radius 3 is 2.71 bits per heavy atom. The average molecular weight is 525 g/mol. The molecule has 1 aromatic carbocycles. The maximum absolute atomic E-state index is 11.6. The van der Waals surface area contributed by atoms with Crippen molar-refractivity contribution in [1.29, 1.82) is 0 Å². The molecular weight excluding hydrogens is 493 g/mol. The van der Waals surface area contributed by atoms with E-state index in [0.29, 0.717) is 44.4 Å². The van der Waals surface area contributed by atoms with Gasteiger partial charge in [0.05, 0.1) is 18.1 Å². The van der Waals surface area contributed by atoms with E-state index >= 15 is 0 Å². The Labute approximate surface area is 185 Å². The van der Waals surface area contributed by atoms with Crippen molar-refractivity contribution >= 4 is 39.8 Å². The van der Waals surface area contributed by atoms with Crippen molar-refractivity contribution in [3.63, 3.8) is 0 Å². The largest absolute Gasteiger partial charge is 0.493 e. The minimum Gasteiger partial charge on any atom is -0.493 e. The Bertz CT molecular complexity index is 741. The highest BCUT2D eigenvalue weighted by Gasteiger charge is 2.27. The van der Waals surface area contributed by atoms with Crippen LogP contribution in [0.2, 0.25) is 0 Å². The molecule has 0 saturated carbocycles. The lowest BCUT2D eigenvalue weighted by molar-refractivity contribution is 0.171. The van der Waals surface area contributed by atoms with E-state index in [9.17, 15) is 8.42 Å². The van der Waals surface area contributed by atoms with Crippen molar-refractivity contribution in [3.05, 3.63) is 29.3 Å². The standard InChI is InChI=1S/C19H31N3O4S.HI/c1-15-5-6-17(18(11-15)26-9-4-8-25-3)13-22-19(20-2)21-12-16-7-10-27(23,24)14-16;/h5-6,11,16H,4,7-10,12-14H2,1-3H3,(H2,20,21,22);1H. The number of aryl methyl sites for hydroxylation is 1. The Morgan fingerprint density at radius 1 is 1.29 bits per heavy atom. The van der Waals surface area contributed by atoms with E-state index < -0.39 is 9.84 Å². The molecule has 2 rings (SSSR count). The summed E-state index contributed by atoms with van der Waals surface area (Å²) >= 11 is 0. The van der Waals surface area contributed by atoms with Gasteiger partial charge in [-0.1, -0.05) is 12.1 Å². The molecule has 1 heterocycles. The number of nitrogens with one attached hydrogen (secondary N) is 2. The molecule has 1 fully saturated rings. The molecule has 28 heavy (non-hydrogen) atoms. The summed E-state index contributed by atoms with van der Waals surface area (Å²) in [7, 11) is 0.535. The number of ether oxygens (including phenoxy) is 2. The van der Waals surface area contributed by atoms with Crippen LogP contribution in [0.4, 0.5) is 0 Å². The monoisotopic (exact) mass is 525 g/mol. The fraction of sp³-hybridized carbons (Fsp3) is 0.632. The first-order valence-corrected chi connectivity index (χ1v) is 11.1. The molecule has 0 aliphatic carbocycles. The Morgan fingerprint density at radius 2 is 2.07 bits per heavy atom. The highest BCUT2D eigenvalue weighted by atomic mass is 127. The highest BCUT2D eigenvalue weighted by Crippen LogP contribution is 2.21. The Kier molecular flexibility index (Phi) is 11.1. The van der Waals surface area contributed by atoms with Gasteiger partial charge in [0.25, 0.3) is 0 Å². The van der Waals surface area contributed by atoms with Crippen LogP contribution in [-0.2, 0) is 21.1 Å². The van der Waals surface area contributed by atoms with Gasteiger partial charge in [-0.05, 0) is 30.9 Å². The van der Waals surface area contributed by atoms with E-state index in [1.165, 1.54) is 0 Å². The van der Waals surface area contributed by atoms with Crippen LogP contribution in [0, 0.1) is 12.8 Å². The fourth-order valence-electron chi connectivity index (χ4n) is 3.00. The predicted molar refractivity (Wildman–Crippen MR) is 124 cm³/mol. The van der Waals surface area contributed by atoms with Crippen LogP contribution in [-0.4, -0.2) is 59.8 Å². The first kappa shape index (κ1) is 25.0. The zero-order valence-electron chi connectivity index (χ0n) is 16.9. The second-order valence-electron chi connectivity index (χ2n) is 6.88. The van der Waals surface area contributed by atoms with Crippen molar-refractivity contribution < 1.29 is 17.9 Å². The zero-order chi connectivity index (χ0) is 19.7. The maximum atomic E-state index is 11.6. The molecule has 1 aliphatic rings. The first-order chi connectivity index (χ1) is 12.9. The summed E-state index contributed by atoms with van der Waals surface area (Å²) in [6.07, 6.45) is 1.55. The van der Waals surface area contributed by atoms with E-state index in [-0.39, 0.29) is 35.6 Å². The molecule has 1 saturated heterocycles. The molecule has 0 radical (unpaired) electrons. The summed E-state index contributed by atoms with van der Waals surface area (Å²) in [5.74, 6) is 2.21. The van der Waals surface area contributed by atoms with E-state index in [1.807, 2.05) is 19.1 Å². The molecule has 2 N–H and O–H groups in total. The van der Waals surface area contributed by atoms with Crippen LogP contribution in [0.3, 0.4) is 0 Å². The van der Waals surface area contributed by atoms with Crippen molar-refractivity contribution in [2.45, 2.75) is 26.3 Å². The molecule has 1 unspecified atom stereocenters. The lowest BCUT2D eigenvalue weighted by Gasteiger charge is -2.17. The van der Waals surface area contributed by atoms with Crippen molar-refractivity contribution in [2.75, 3.05) is 45.4 Å². The molecular formula is C19H32IN3O4S. The minimum atomic E-state index is -2.85. The van der Waals surface area contributed by atoms with E-state index in [4.69, 9.17) is 9.47 Å². The third kappa shape index (κ3) is 8.52. The van der Waals surface area contributed by atoms with Gasteiger partial charge in [0.15, 0.2) is 15.8 Å². The molecule has 1 aliphatic heterocycles. The van der Waals surface area contributed by atoms with E-state index in [0.717, 1.165) is 23.3 Å². The molecule has 0 bridgehead atoms. The van der Waals surface area contributed by atoms with Gasteiger partial charge >= 0.3 is 0 Å². The molecule has 0 spiro atoms. The molecule has 0 amide bonds. The van der Waals surface area contributed by atoms with Crippen LogP contribution in [0.1, 0.15) is 24.0 Å². The van der Waals surface area contributed by atoms with Crippen molar-refractivity contribution in [3.8, 4) is 5.75 Å².